The molecule has 0 radical (unpaired) electrons. The quantitative estimate of drug-likeness (QED) is 0.940. The Labute approximate surface area is 130 Å². The van der Waals surface area contributed by atoms with Gasteiger partial charge in [0.25, 0.3) is 0 Å². The molecule has 4 nitrogen and oxygen atoms in total. The van der Waals surface area contributed by atoms with Crippen molar-refractivity contribution in [1.29, 1.82) is 0 Å². The van der Waals surface area contributed by atoms with Crippen molar-refractivity contribution in [3.8, 4) is 0 Å². The molecule has 0 unspecified atom stereocenters. The number of amides is 2. The maximum Gasteiger partial charge on any atom is 0.244 e. The molecule has 1 N–H and O–H groups in total. The molecule has 2 rings (SSSR count). The second-order valence-electron chi connectivity index (χ2n) is 4.73. The number of rotatable bonds is 4. The van der Waals surface area contributed by atoms with Crippen molar-refractivity contribution in [2.75, 3.05) is 16.8 Å². The third kappa shape index (κ3) is 4.09. The van der Waals surface area contributed by atoms with Crippen LogP contribution in [0.5, 0.6) is 0 Å². The minimum atomic E-state index is -1.14. The molecule has 0 heterocycles. The highest BCUT2D eigenvalue weighted by Crippen LogP contribution is 2.19. The number of benzene rings is 2. The Morgan fingerprint density at radius 3 is 2.30 bits per heavy atom. The van der Waals surface area contributed by atoms with E-state index in [0.29, 0.717) is 0 Å². The van der Waals surface area contributed by atoms with Gasteiger partial charge in [0.15, 0.2) is 11.6 Å². The Morgan fingerprint density at radius 2 is 1.70 bits per heavy atom. The summed E-state index contributed by atoms with van der Waals surface area (Å²) in [5.41, 5.74) is -0.00799. The van der Waals surface area contributed by atoms with Crippen LogP contribution in [0.25, 0.3) is 0 Å². The van der Waals surface area contributed by atoms with Crippen molar-refractivity contribution in [3.63, 3.8) is 0 Å². The lowest BCUT2D eigenvalue weighted by molar-refractivity contribution is -0.120. The van der Waals surface area contributed by atoms with Gasteiger partial charge in [-0.3, -0.25) is 9.59 Å². The molecule has 0 atom stereocenters. The molecule has 7 heteroatoms. The topological polar surface area (TPSA) is 49.4 Å². The lowest BCUT2D eigenvalue weighted by atomic mass is 10.2. The fraction of sp³-hybridized carbons (Fsp3) is 0.125. The van der Waals surface area contributed by atoms with Gasteiger partial charge in [0.1, 0.15) is 12.4 Å². The van der Waals surface area contributed by atoms with Gasteiger partial charge in [-0.25, -0.2) is 13.2 Å². The number of carbonyl (C=O) groups excluding carboxylic acids is 2. The molecule has 0 spiro atoms. The standard InChI is InChI=1S/C16H13F3N2O2/c1-10(22)21(11-6-7-12(17)14(19)8-11)9-16(23)20-15-5-3-2-4-13(15)18/h2-8H,9H2,1H3,(H,20,23). The summed E-state index contributed by atoms with van der Waals surface area (Å²) >= 11 is 0. The molecule has 2 aromatic carbocycles. The zero-order valence-corrected chi connectivity index (χ0v) is 12.1. The predicted octanol–water partition coefficient (Wildman–Crippen LogP) is 3.10. The number of carbonyl (C=O) groups is 2. The number of hydrogen-bond acceptors (Lipinski definition) is 2. The van der Waals surface area contributed by atoms with E-state index in [2.05, 4.69) is 5.32 Å². The Kier molecular flexibility index (Phi) is 5.00. The lowest BCUT2D eigenvalue weighted by Crippen LogP contribution is -2.36. The SMILES string of the molecule is CC(=O)N(CC(=O)Nc1ccccc1F)c1ccc(F)c(F)c1. The average molecular weight is 322 g/mol. The Bertz CT molecular complexity index is 750. The number of nitrogens with one attached hydrogen (secondary N) is 1. The Morgan fingerprint density at radius 1 is 1.00 bits per heavy atom. The number of para-hydroxylation sites is 1. The summed E-state index contributed by atoms with van der Waals surface area (Å²) in [5, 5.41) is 2.32. The van der Waals surface area contributed by atoms with Crippen molar-refractivity contribution in [2.45, 2.75) is 6.92 Å². The van der Waals surface area contributed by atoms with Gasteiger partial charge in [-0.1, -0.05) is 12.1 Å². The first-order valence-electron chi connectivity index (χ1n) is 6.66. The van der Waals surface area contributed by atoms with Gasteiger partial charge >= 0.3 is 0 Å². The van der Waals surface area contributed by atoms with Crippen molar-refractivity contribution >= 4 is 23.2 Å². The van der Waals surface area contributed by atoms with Gasteiger partial charge in [0, 0.05) is 18.7 Å². The molecular formula is C16H13F3N2O2. The Hall–Kier alpha value is -2.83. The van der Waals surface area contributed by atoms with E-state index in [9.17, 15) is 22.8 Å². The first-order valence-corrected chi connectivity index (χ1v) is 6.66. The molecule has 0 bridgehead atoms. The van der Waals surface area contributed by atoms with Crippen LogP contribution in [-0.4, -0.2) is 18.4 Å². The van der Waals surface area contributed by atoms with Crippen LogP contribution >= 0.6 is 0 Å². The van der Waals surface area contributed by atoms with Crippen LogP contribution in [0, 0.1) is 17.5 Å². The summed E-state index contributed by atoms with van der Waals surface area (Å²) in [6, 6.07) is 8.39. The maximum atomic E-state index is 13.5. The minimum absolute atomic E-state index is 0.0279. The Balaban J connectivity index is 2.16. The second kappa shape index (κ2) is 6.95. The molecule has 0 saturated heterocycles. The summed E-state index contributed by atoms with van der Waals surface area (Å²) in [5.74, 6) is -4.03. The van der Waals surface area contributed by atoms with E-state index in [0.717, 1.165) is 17.0 Å². The molecule has 0 saturated carbocycles. The summed E-state index contributed by atoms with van der Waals surface area (Å²) in [6.45, 7) is 0.715. The average Bonchev–Trinajstić information content (AvgIpc) is 2.50. The van der Waals surface area contributed by atoms with Crippen LogP contribution in [0.1, 0.15) is 6.92 Å². The molecule has 2 aromatic rings. The van der Waals surface area contributed by atoms with Crippen LogP contribution < -0.4 is 10.2 Å². The zero-order valence-electron chi connectivity index (χ0n) is 12.1. The van der Waals surface area contributed by atoms with E-state index in [-0.39, 0.29) is 11.4 Å². The van der Waals surface area contributed by atoms with Crippen LogP contribution in [0.4, 0.5) is 24.5 Å². The van der Waals surface area contributed by atoms with Gasteiger partial charge in [0.05, 0.1) is 5.69 Å². The van der Waals surface area contributed by atoms with Crippen molar-refractivity contribution in [1.82, 2.24) is 0 Å². The number of nitrogens with zero attached hydrogens (tertiary/aromatic N) is 1. The monoisotopic (exact) mass is 322 g/mol. The highest BCUT2D eigenvalue weighted by atomic mass is 19.2. The van der Waals surface area contributed by atoms with E-state index in [1.165, 1.54) is 37.3 Å². The minimum Gasteiger partial charge on any atom is -0.322 e. The molecule has 0 aromatic heterocycles. The highest BCUT2D eigenvalue weighted by Gasteiger charge is 2.18. The second-order valence-corrected chi connectivity index (χ2v) is 4.73. The summed E-state index contributed by atoms with van der Waals surface area (Å²) in [6.07, 6.45) is 0. The lowest BCUT2D eigenvalue weighted by Gasteiger charge is -2.21. The van der Waals surface area contributed by atoms with Crippen LogP contribution in [0.15, 0.2) is 42.5 Å². The zero-order chi connectivity index (χ0) is 17.0. The summed E-state index contributed by atoms with van der Waals surface area (Å²) in [7, 11) is 0. The number of hydrogen-bond donors (Lipinski definition) is 1. The number of halogens is 3. The van der Waals surface area contributed by atoms with Gasteiger partial charge < -0.3 is 10.2 Å². The highest BCUT2D eigenvalue weighted by molar-refractivity contribution is 6.01. The smallest absolute Gasteiger partial charge is 0.244 e. The van der Waals surface area contributed by atoms with E-state index in [4.69, 9.17) is 0 Å². The van der Waals surface area contributed by atoms with Crippen LogP contribution in [0.3, 0.4) is 0 Å². The van der Waals surface area contributed by atoms with Crippen LogP contribution in [-0.2, 0) is 9.59 Å². The predicted molar refractivity (Wildman–Crippen MR) is 79.4 cm³/mol. The first-order chi connectivity index (χ1) is 10.9. The fourth-order valence-electron chi connectivity index (χ4n) is 1.93. The largest absolute Gasteiger partial charge is 0.322 e. The van der Waals surface area contributed by atoms with Gasteiger partial charge in [-0.15, -0.1) is 0 Å². The van der Waals surface area contributed by atoms with Gasteiger partial charge in [-0.05, 0) is 24.3 Å². The van der Waals surface area contributed by atoms with E-state index < -0.39 is 35.8 Å². The third-order valence-corrected chi connectivity index (χ3v) is 3.04. The van der Waals surface area contributed by atoms with Crippen molar-refractivity contribution in [2.24, 2.45) is 0 Å². The third-order valence-electron chi connectivity index (χ3n) is 3.04. The van der Waals surface area contributed by atoms with E-state index in [1.54, 1.807) is 0 Å². The van der Waals surface area contributed by atoms with Crippen LogP contribution in [0.2, 0.25) is 0 Å². The van der Waals surface area contributed by atoms with Gasteiger partial charge in [0.2, 0.25) is 11.8 Å². The maximum absolute atomic E-state index is 13.5. The number of anilines is 2. The molecule has 0 aliphatic heterocycles. The van der Waals surface area contributed by atoms with Crippen molar-refractivity contribution in [3.05, 3.63) is 59.9 Å². The van der Waals surface area contributed by atoms with E-state index >= 15 is 0 Å². The normalized spacial score (nSPS) is 10.3. The van der Waals surface area contributed by atoms with Gasteiger partial charge in [-0.2, -0.15) is 0 Å². The summed E-state index contributed by atoms with van der Waals surface area (Å²) in [4.78, 5) is 24.6. The summed E-state index contributed by atoms with van der Waals surface area (Å²) < 4.78 is 39.7. The molecular weight excluding hydrogens is 309 g/mol. The van der Waals surface area contributed by atoms with E-state index in [1.807, 2.05) is 0 Å². The molecule has 0 fully saturated rings. The molecule has 23 heavy (non-hydrogen) atoms. The first kappa shape index (κ1) is 16.5. The molecule has 0 aliphatic rings. The molecule has 2 amide bonds. The fourth-order valence-corrected chi connectivity index (χ4v) is 1.93. The molecule has 120 valence electrons. The molecule has 0 aliphatic carbocycles. The van der Waals surface area contributed by atoms with Crippen molar-refractivity contribution < 1.29 is 22.8 Å².